The van der Waals surface area contributed by atoms with Gasteiger partial charge in [0, 0.05) is 6.54 Å². The Hall–Kier alpha value is 0.130. The quantitative estimate of drug-likeness (QED) is 0.545. The first-order chi connectivity index (χ1) is 4.12. The highest BCUT2D eigenvalue weighted by Gasteiger charge is 2.02. The summed E-state index contributed by atoms with van der Waals surface area (Å²) in [5.74, 6) is 0. The van der Waals surface area contributed by atoms with Crippen LogP contribution in [0.4, 0.5) is 0 Å². The fourth-order valence-corrected chi connectivity index (χ4v) is 1.16. The summed E-state index contributed by atoms with van der Waals surface area (Å²) in [6, 6.07) is 0. The second-order valence-corrected chi connectivity index (χ2v) is 4.47. The molecule has 0 saturated heterocycles. The van der Waals surface area contributed by atoms with E-state index in [0.717, 1.165) is 0 Å². The summed E-state index contributed by atoms with van der Waals surface area (Å²) in [6.07, 6.45) is 1.49. The molecule has 0 rings (SSSR count). The topological polar surface area (TPSA) is 46.2 Å². The molecular weight excluding hydrogens is 206 g/mol. The van der Waals surface area contributed by atoms with E-state index < -0.39 is 10.0 Å². The number of nitrogens with one attached hydrogen (secondary N) is 1. The number of alkyl halides is 1. The van der Waals surface area contributed by atoms with Gasteiger partial charge in [-0.25, -0.2) is 13.1 Å². The van der Waals surface area contributed by atoms with Crippen molar-refractivity contribution in [3.05, 3.63) is 12.7 Å². The van der Waals surface area contributed by atoms with Gasteiger partial charge in [-0.3, -0.25) is 0 Å². The Bertz CT molecular complexity index is 175. The monoisotopic (exact) mass is 213 g/mol. The van der Waals surface area contributed by atoms with Gasteiger partial charge in [0.1, 0.15) is 4.66 Å². The SMILES string of the molecule is C=CCNS(=O)(=O)CBr. The van der Waals surface area contributed by atoms with Gasteiger partial charge in [-0.15, -0.1) is 6.58 Å². The van der Waals surface area contributed by atoms with Crippen molar-refractivity contribution in [3.63, 3.8) is 0 Å². The van der Waals surface area contributed by atoms with Crippen molar-refractivity contribution < 1.29 is 8.42 Å². The Balaban J connectivity index is 3.74. The summed E-state index contributed by atoms with van der Waals surface area (Å²) >= 11 is 2.82. The zero-order chi connectivity index (χ0) is 7.33. The number of hydrogen-bond acceptors (Lipinski definition) is 2. The molecule has 0 aliphatic heterocycles. The van der Waals surface area contributed by atoms with Gasteiger partial charge in [0.05, 0.1) is 0 Å². The Kier molecular flexibility index (Phi) is 4.09. The first kappa shape index (κ1) is 9.13. The van der Waals surface area contributed by atoms with Crippen molar-refractivity contribution in [1.29, 1.82) is 0 Å². The fraction of sp³-hybridized carbons (Fsp3) is 0.500. The van der Waals surface area contributed by atoms with Crippen LogP contribution in [0.3, 0.4) is 0 Å². The van der Waals surface area contributed by atoms with Crippen LogP contribution in [-0.4, -0.2) is 19.6 Å². The van der Waals surface area contributed by atoms with Gasteiger partial charge in [0.2, 0.25) is 10.0 Å². The zero-order valence-electron chi connectivity index (χ0n) is 4.80. The molecule has 0 saturated carbocycles. The van der Waals surface area contributed by atoms with E-state index in [0.29, 0.717) is 0 Å². The molecule has 0 unspecified atom stereocenters. The Morgan fingerprint density at radius 2 is 2.22 bits per heavy atom. The third-order valence-electron chi connectivity index (χ3n) is 0.591. The van der Waals surface area contributed by atoms with Crippen LogP contribution in [-0.2, 0) is 10.0 Å². The summed E-state index contributed by atoms with van der Waals surface area (Å²) in [5.41, 5.74) is 0. The molecule has 3 nitrogen and oxygen atoms in total. The highest BCUT2D eigenvalue weighted by Crippen LogP contribution is 1.88. The van der Waals surface area contributed by atoms with E-state index in [4.69, 9.17) is 0 Å². The molecule has 0 heterocycles. The third-order valence-corrected chi connectivity index (χ3v) is 3.29. The highest BCUT2D eigenvalue weighted by atomic mass is 79.9. The van der Waals surface area contributed by atoms with Crippen molar-refractivity contribution in [1.82, 2.24) is 4.72 Å². The minimum Gasteiger partial charge on any atom is -0.212 e. The summed E-state index contributed by atoms with van der Waals surface area (Å²) in [5, 5.41) is 0. The van der Waals surface area contributed by atoms with Gasteiger partial charge in [0.25, 0.3) is 0 Å². The Morgan fingerprint density at radius 3 is 2.56 bits per heavy atom. The molecule has 0 aromatic carbocycles. The minimum atomic E-state index is -3.09. The van der Waals surface area contributed by atoms with Gasteiger partial charge in [-0.2, -0.15) is 0 Å². The van der Waals surface area contributed by atoms with Crippen LogP contribution in [0, 0.1) is 0 Å². The van der Waals surface area contributed by atoms with E-state index in [1.54, 1.807) is 0 Å². The van der Waals surface area contributed by atoms with E-state index >= 15 is 0 Å². The van der Waals surface area contributed by atoms with Crippen LogP contribution in [0.1, 0.15) is 0 Å². The smallest absolute Gasteiger partial charge is 0.212 e. The maximum atomic E-state index is 10.6. The van der Waals surface area contributed by atoms with Crippen molar-refractivity contribution in [2.75, 3.05) is 11.2 Å². The van der Waals surface area contributed by atoms with Crippen molar-refractivity contribution >= 4 is 26.0 Å². The lowest BCUT2D eigenvalue weighted by atomic mass is 10.7. The molecule has 54 valence electrons. The van der Waals surface area contributed by atoms with E-state index in [2.05, 4.69) is 27.2 Å². The predicted octanol–water partition coefficient (Wildman–Crippen LogP) is 0.444. The second kappa shape index (κ2) is 4.03. The van der Waals surface area contributed by atoms with Crippen LogP contribution in [0.5, 0.6) is 0 Å². The van der Waals surface area contributed by atoms with E-state index in [9.17, 15) is 8.42 Å². The average molecular weight is 214 g/mol. The summed E-state index contributed by atoms with van der Waals surface area (Å²) in [6.45, 7) is 3.64. The van der Waals surface area contributed by atoms with E-state index in [-0.39, 0.29) is 11.2 Å². The number of rotatable bonds is 4. The van der Waals surface area contributed by atoms with Gasteiger partial charge in [-0.05, 0) is 0 Å². The molecule has 1 N–H and O–H groups in total. The standard InChI is InChI=1S/C4H8BrNO2S/c1-2-3-6-9(7,8)4-5/h2,6H,1,3-4H2. The van der Waals surface area contributed by atoms with Crippen LogP contribution >= 0.6 is 15.9 Å². The number of sulfonamides is 1. The molecule has 0 radical (unpaired) electrons. The first-order valence-electron chi connectivity index (χ1n) is 2.26. The molecule has 0 aliphatic carbocycles. The molecule has 0 aliphatic rings. The number of halogens is 1. The molecule has 0 aromatic rings. The van der Waals surface area contributed by atoms with Crippen LogP contribution in [0.25, 0.3) is 0 Å². The van der Waals surface area contributed by atoms with E-state index in [1.165, 1.54) is 6.08 Å². The van der Waals surface area contributed by atoms with E-state index in [1.807, 2.05) is 0 Å². The van der Waals surface area contributed by atoms with Crippen molar-refractivity contribution in [2.45, 2.75) is 0 Å². The molecule has 0 fully saturated rings. The zero-order valence-corrected chi connectivity index (χ0v) is 7.20. The lowest BCUT2D eigenvalue weighted by Crippen LogP contribution is -2.23. The van der Waals surface area contributed by atoms with Crippen LogP contribution < -0.4 is 4.72 Å². The average Bonchev–Trinajstić information content (AvgIpc) is 1.84. The molecule has 0 spiro atoms. The molecule has 0 amide bonds. The molecule has 0 aromatic heterocycles. The number of hydrogen-bond donors (Lipinski definition) is 1. The van der Waals surface area contributed by atoms with Gasteiger partial charge in [-0.1, -0.05) is 22.0 Å². The Labute approximate surface area is 63.3 Å². The fourth-order valence-electron chi connectivity index (χ4n) is 0.224. The van der Waals surface area contributed by atoms with Gasteiger partial charge in [0.15, 0.2) is 0 Å². The van der Waals surface area contributed by atoms with Gasteiger partial charge < -0.3 is 0 Å². The van der Waals surface area contributed by atoms with Crippen LogP contribution in [0.15, 0.2) is 12.7 Å². The summed E-state index contributed by atoms with van der Waals surface area (Å²) in [7, 11) is -3.09. The molecule has 9 heavy (non-hydrogen) atoms. The van der Waals surface area contributed by atoms with Crippen LogP contribution in [0.2, 0.25) is 0 Å². The Morgan fingerprint density at radius 1 is 1.67 bits per heavy atom. The maximum absolute atomic E-state index is 10.6. The second-order valence-electron chi connectivity index (χ2n) is 1.36. The molecular formula is C4H8BrNO2S. The van der Waals surface area contributed by atoms with Gasteiger partial charge >= 0.3 is 0 Å². The minimum absolute atomic E-state index is 0.0617. The largest absolute Gasteiger partial charge is 0.221 e. The van der Waals surface area contributed by atoms with Crippen molar-refractivity contribution in [3.8, 4) is 0 Å². The maximum Gasteiger partial charge on any atom is 0.221 e. The summed E-state index contributed by atoms with van der Waals surface area (Å²) in [4.78, 5) is 0. The molecule has 0 bridgehead atoms. The lowest BCUT2D eigenvalue weighted by molar-refractivity contribution is 0.591. The third kappa shape index (κ3) is 4.62. The normalized spacial score (nSPS) is 11.2. The lowest BCUT2D eigenvalue weighted by Gasteiger charge is -1.96. The molecule has 5 heteroatoms. The predicted molar refractivity (Wildman–Crippen MR) is 40.9 cm³/mol. The summed E-state index contributed by atoms with van der Waals surface area (Å²) < 4.78 is 23.3. The first-order valence-corrected chi connectivity index (χ1v) is 5.04. The highest BCUT2D eigenvalue weighted by molar-refractivity contribution is 9.10. The van der Waals surface area contributed by atoms with Crippen molar-refractivity contribution in [2.24, 2.45) is 0 Å². The molecule has 0 atom stereocenters.